The number of nitrogens with zero attached hydrogens (tertiary/aromatic N) is 4. The molecule has 2 aromatic heterocycles. The average molecular weight is 430 g/mol. The molecular formula is C26H31N5O. The van der Waals surface area contributed by atoms with Gasteiger partial charge in [-0.15, -0.1) is 0 Å². The number of hydrogen-bond acceptors (Lipinski definition) is 4. The maximum Gasteiger partial charge on any atom is 0.277 e. The molecule has 6 nitrogen and oxygen atoms in total. The molecule has 0 amide bonds. The molecule has 6 heteroatoms. The second-order valence-electron chi connectivity index (χ2n) is 9.76. The second-order valence-corrected chi connectivity index (χ2v) is 9.76. The van der Waals surface area contributed by atoms with E-state index in [2.05, 4.69) is 64.8 Å². The monoisotopic (exact) mass is 429 g/mol. The van der Waals surface area contributed by atoms with Crippen molar-refractivity contribution < 1.29 is 0 Å². The highest BCUT2D eigenvalue weighted by Crippen LogP contribution is 2.25. The molecule has 1 fully saturated rings. The van der Waals surface area contributed by atoms with E-state index < -0.39 is 0 Å². The number of hydrogen-bond donors (Lipinski definition) is 1. The molecule has 0 unspecified atom stereocenters. The Morgan fingerprint density at radius 2 is 1.66 bits per heavy atom. The Morgan fingerprint density at radius 1 is 0.938 bits per heavy atom. The molecule has 0 spiro atoms. The van der Waals surface area contributed by atoms with Crippen molar-refractivity contribution in [2.24, 2.45) is 0 Å². The normalized spacial score (nSPS) is 15.7. The summed E-state index contributed by atoms with van der Waals surface area (Å²) in [5, 5.41) is 0.999. The van der Waals surface area contributed by atoms with Crippen molar-refractivity contribution in [3.63, 3.8) is 0 Å². The minimum absolute atomic E-state index is 0.00349. The van der Waals surface area contributed by atoms with Crippen molar-refractivity contribution in [3.8, 4) is 0 Å². The molecule has 2 aromatic carbocycles. The molecule has 4 aromatic rings. The van der Waals surface area contributed by atoms with Crippen LogP contribution in [0.2, 0.25) is 0 Å². The molecule has 32 heavy (non-hydrogen) atoms. The van der Waals surface area contributed by atoms with Crippen molar-refractivity contribution in [2.75, 3.05) is 37.6 Å². The first-order chi connectivity index (χ1) is 15.4. The lowest BCUT2D eigenvalue weighted by molar-refractivity contribution is 0.247. The van der Waals surface area contributed by atoms with Gasteiger partial charge in [-0.05, 0) is 29.2 Å². The van der Waals surface area contributed by atoms with Gasteiger partial charge in [-0.2, -0.15) is 0 Å². The van der Waals surface area contributed by atoms with E-state index in [4.69, 9.17) is 0 Å². The Balaban J connectivity index is 1.21. The van der Waals surface area contributed by atoms with Gasteiger partial charge in [-0.3, -0.25) is 14.3 Å². The van der Waals surface area contributed by atoms with E-state index in [-0.39, 0.29) is 11.0 Å². The minimum Gasteiger partial charge on any atom is -0.369 e. The van der Waals surface area contributed by atoms with Crippen LogP contribution in [-0.2, 0) is 12.0 Å². The van der Waals surface area contributed by atoms with Gasteiger partial charge in [0.15, 0.2) is 0 Å². The maximum atomic E-state index is 13.0. The van der Waals surface area contributed by atoms with Crippen LogP contribution in [0.1, 0.15) is 26.3 Å². The highest BCUT2D eigenvalue weighted by molar-refractivity contribution is 6.04. The number of aromatic nitrogens is 3. The maximum absolute atomic E-state index is 13.0. The van der Waals surface area contributed by atoms with Gasteiger partial charge < -0.3 is 9.88 Å². The van der Waals surface area contributed by atoms with Crippen LogP contribution in [0.3, 0.4) is 0 Å². The zero-order valence-corrected chi connectivity index (χ0v) is 19.1. The van der Waals surface area contributed by atoms with Crippen LogP contribution < -0.4 is 10.5 Å². The van der Waals surface area contributed by atoms with Crippen molar-refractivity contribution in [1.29, 1.82) is 0 Å². The molecule has 0 saturated carbocycles. The third-order valence-corrected chi connectivity index (χ3v) is 6.61. The molecule has 1 saturated heterocycles. The third kappa shape index (κ3) is 3.91. The van der Waals surface area contributed by atoms with E-state index in [0.717, 1.165) is 49.1 Å². The van der Waals surface area contributed by atoms with E-state index in [9.17, 15) is 4.79 Å². The molecule has 166 valence electrons. The Hall–Kier alpha value is -3.12. The Kier molecular flexibility index (Phi) is 5.25. The van der Waals surface area contributed by atoms with Crippen LogP contribution in [0.15, 0.2) is 59.7 Å². The standard InChI is InChI=1S/C26H31N5O/c1-26(2,3)19-8-10-20(11-9-19)30-15-12-29(13-16-30)14-17-31-18-27-23-21-6-4-5-7-22(21)28-24(23)25(31)32/h4-11,18,28H,12-17H2,1-3H3. The van der Waals surface area contributed by atoms with E-state index in [0.29, 0.717) is 12.1 Å². The molecule has 0 aliphatic carbocycles. The van der Waals surface area contributed by atoms with Crippen LogP contribution in [0, 0.1) is 0 Å². The summed E-state index contributed by atoms with van der Waals surface area (Å²) in [6.07, 6.45) is 1.69. The van der Waals surface area contributed by atoms with Gasteiger partial charge in [0.25, 0.3) is 5.56 Å². The third-order valence-electron chi connectivity index (χ3n) is 6.61. The summed E-state index contributed by atoms with van der Waals surface area (Å²) < 4.78 is 1.73. The number of fused-ring (bicyclic) bond motifs is 3. The highest BCUT2D eigenvalue weighted by atomic mass is 16.1. The molecule has 1 N–H and O–H groups in total. The summed E-state index contributed by atoms with van der Waals surface area (Å²) in [4.78, 5) is 25.7. The first-order valence-corrected chi connectivity index (χ1v) is 11.4. The summed E-state index contributed by atoms with van der Waals surface area (Å²) in [5.41, 5.74) is 5.15. The number of piperazine rings is 1. The number of benzene rings is 2. The summed E-state index contributed by atoms with van der Waals surface area (Å²) >= 11 is 0. The average Bonchev–Trinajstić information content (AvgIpc) is 3.18. The molecule has 3 heterocycles. The molecule has 1 aliphatic rings. The number of anilines is 1. The zero-order chi connectivity index (χ0) is 22.3. The fraction of sp³-hybridized carbons (Fsp3) is 0.385. The van der Waals surface area contributed by atoms with E-state index >= 15 is 0 Å². The second kappa shape index (κ2) is 8.10. The topological polar surface area (TPSA) is 57.2 Å². The quantitative estimate of drug-likeness (QED) is 0.533. The van der Waals surface area contributed by atoms with Crippen LogP contribution in [-0.4, -0.2) is 52.2 Å². The highest BCUT2D eigenvalue weighted by Gasteiger charge is 2.19. The van der Waals surface area contributed by atoms with Crippen molar-refractivity contribution in [3.05, 3.63) is 70.8 Å². The van der Waals surface area contributed by atoms with E-state index in [1.165, 1.54) is 11.3 Å². The van der Waals surface area contributed by atoms with Gasteiger partial charge in [-0.25, -0.2) is 4.98 Å². The van der Waals surface area contributed by atoms with Gasteiger partial charge >= 0.3 is 0 Å². The lowest BCUT2D eigenvalue weighted by atomic mass is 9.87. The smallest absolute Gasteiger partial charge is 0.277 e. The fourth-order valence-corrected chi connectivity index (χ4v) is 4.55. The largest absolute Gasteiger partial charge is 0.369 e. The van der Waals surface area contributed by atoms with Gasteiger partial charge in [0.1, 0.15) is 11.0 Å². The summed E-state index contributed by atoms with van der Waals surface area (Å²) in [7, 11) is 0. The SMILES string of the molecule is CC(C)(C)c1ccc(N2CCN(CCn3cnc4c([nH]c5ccccc54)c3=O)CC2)cc1. The zero-order valence-electron chi connectivity index (χ0n) is 19.1. The molecule has 0 bridgehead atoms. The van der Waals surface area contributed by atoms with Crippen molar-refractivity contribution in [1.82, 2.24) is 19.4 Å². The first kappa shape index (κ1) is 20.8. The number of aromatic amines is 1. The Bertz CT molecular complexity index is 1290. The van der Waals surface area contributed by atoms with Gasteiger partial charge in [0.2, 0.25) is 0 Å². The predicted octanol–water partition coefficient (Wildman–Crippen LogP) is 4.00. The van der Waals surface area contributed by atoms with Crippen LogP contribution in [0.4, 0.5) is 5.69 Å². The van der Waals surface area contributed by atoms with E-state index in [1.807, 2.05) is 24.3 Å². The number of rotatable bonds is 4. The first-order valence-electron chi connectivity index (χ1n) is 11.4. The van der Waals surface area contributed by atoms with Gasteiger partial charge in [0, 0.05) is 55.9 Å². The van der Waals surface area contributed by atoms with Crippen molar-refractivity contribution in [2.45, 2.75) is 32.7 Å². The summed E-state index contributed by atoms with van der Waals surface area (Å²) in [6, 6.07) is 16.9. The van der Waals surface area contributed by atoms with Gasteiger partial charge in [0.05, 0.1) is 6.33 Å². The lowest BCUT2D eigenvalue weighted by Crippen LogP contribution is -2.47. The molecular weight excluding hydrogens is 398 g/mol. The van der Waals surface area contributed by atoms with E-state index in [1.54, 1.807) is 10.9 Å². The molecule has 0 atom stereocenters. The van der Waals surface area contributed by atoms with Crippen LogP contribution in [0.25, 0.3) is 21.9 Å². The lowest BCUT2D eigenvalue weighted by Gasteiger charge is -2.36. The van der Waals surface area contributed by atoms with Crippen LogP contribution >= 0.6 is 0 Å². The summed E-state index contributed by atoms with van der Waals surface area (Å²) in [5.74, 6) is 0. The summed E-state index contributed by atoms with van der Waals surface area (Å²) in [6.45, 7) is 12.2. The molecule has 5 rings (SSSR count). The molecule has 1 aliphatic heterocycles. The Labute approximate surface area is 188 Å². The predicted molar refractivity (Wildman–Crippen MR) is 132 cm³/mol. The van der Waals surface area contributed by atoms with Crippen LogP contribution in [0.5, 0.6) is 0 Å². The number of nitrogens with one attached hydrogen (secondary N) is 1. The van der Waals surface area contributed by atoms with Gasteiger partial charge in [-0.1, -0.05) is 51.1 Å². The fourth-order valence-electron chi connectivity index (χ4n) is 4.55. The van der Waals surface area contributed by atoms with Crippen molar-refractivity contribution >= 4 is 27.6 Å². The number of H-pyrrole nitrogens is 1. The minimum atomic E-state index is 0.00349. The molecule has 0 radical (unpaired) electrons. The number of para-hydroxylation sites is 1. The Morgan fingerprint density at radius 3 is 2.38 bits per heavy atom.